The maximum atomic E-state index is 8.93. The molecule has 0 aliphatic heterocycles. The third kappa shape index (κ3) is 45.9. The van der Waals surface area contributed by atoms with E-state index < -0.39 is 35.8 Å². The monoisotopic (exact) mass is 378 g/mol. The molecule has 0 aromatic rings. The molecule has 0 aliphatic rings. The molecule has 0 aromatic carbocycles. The van der Waals surface area contributed by atoms with E-state index in [1.165, 1.54) is 0 Å². The number of hydrogen-bond acceptors (Lipinski definition) is 12. The van der Waals surface area contributed by atoms with E-state index in [-0.39, 0.29) is 48.9 Å². The molecule has 112 valence electrons. The molecule has 13 nitrogen and oxygen atoms in total. The first-order valence-electron chi connectivity index (χ1n) is 3.20. The van der Waals surface area contributed by atoms with Gasteiger partial charge in [0.1, 0.15) is 0 Å². The Morgan fingerprint density at radius 1 is 0.381 bits per heavy atom. The summed E-state index contributed by atoms with van der Waals surface area (Å²) in [6, 6.07) is 0. The van der Waals surface area contributed by atoms with Crippen molar-refractivity contribution >= 4 is 35.8 Å². The molecule has 0 unspecified atom stereocenters. The summed E-state index contributed by atoms with van der Waals surface area (Å²) in [6.45, 7) is 0. The number of carboxylic acid groups (broad SMARTS) is 6. The number of rotatable bonds is 0. The molecule has 0 fully saturated rings. The zero-order valence-corrected chi connectivity index (χ0v) is 12.5. The van der Waals surface area contributed by atoms with Crippen LogP contribution in [0.4, 0.5) is 0 Å². The van der Waals surface area contributed by atoms with Crippen LogP contribution in [0.25, 0.3) is 0 Å². The molecule has 0 aromatic heterocycles. The van der Waals surface area contributed by atoms with Crippen molar-refractivity contribution in [1.29, 1.82) is 0 Å². The van der Waals surface area contributed by atoms with Crippen LogP contribution in [0.15, 0.2) is 0 Å². The van der Waals surface area contributed by atoms with Crippen molar-refractivity contribution in [3.05, 3.63) is 0 Å². The van der Waals surface area contributed by atoms with Crippen molar-refractivity contribution in [2.45, 2.75) is 0 Å². The van der Waals surface area contributed by atoms with Crippen LogP contribution in [0.3, 0.4) is 0 Å². The zero-order valence-electron chi connectivity index (χ0n) is 9.40. The summed E-state index contributed by atoms with van der Waals surface area (Å²) in [5, 5.41) is 53.6. The average molecular weight is 378 g/mol. The molecule has 15 heteroatoms. The number of carbonyl (C=O) groups is 6. The molecule has 0 heterocycles. The summed E-state index contributed by atoms with van der Waals surface area (Å²) in [5.74, 6) is -13.1. The Balaban J connectivity index is -0.0000000375. The van der Waals surface area contributed by atoms with Gasteiger partial charge >= 0.3 is 43.4 Å². The summed E-state index contributed by atoms with van der Waals surface area (Å²) in [6.07, 6.45) is 0. The van der Waals surface area contributed by atoms with Gasteiger partial charge in [-0.05, 0) is 0 Å². The summed E-state index contributed by atoms with van der Waals surface area (Å²) < 4.78 is 0. The van der Waals surface area contributed by atoms with E-state index in [2.05, 4.69) is 0 Å². The van der Waals surface area contributed by atoms with Crippen molar-refractivity contribution in [3.8, 4) is 0 Å². The second-order valence-electron chi connectivity index (χ2n) is 1.72. The predicted octanol–water partition coefficient (Wildman–Crippen LogP) is -11.4. The second-order valence-corrected chi connectivity index (χ2v) is 1.72. The third-order valence-corrected chi connectivity index (χ3v) is 0.500. The fourth-order valence-corrected chi connectivity index (χ4v) is 0. The first kappa shape index (κ1) is 36.5. The van der Waals surface area contributed by atoms with Gasteiger partial charge < -0.3 is 64.9 Å². The molecule has 0 saturated carbocycles. The average Bonchev–Trinajstić information content (AvgIpc) is 2.18. The van der Waals surface area contributed by atoms with E-state index in [9.17, 15) is 0 Å². The Morgan fingerprint density at radius 2 is 0.429 bits per heavy atom. The van der Waals surface area contributed by atoms with E-state index in [1.807, 2.05) is 0 Å². The molecule has 0 amide bonds. The van der Waals surface area contributed by atoms with E-state index in [1.54, 1.807) is 0 Å². The minimum Gasteiger partial charge on any atom is -0.543 e. The fourth-order valence-electron chi connectivity index (χ4n) is 0. The first-order valence-corrected chi connectivity index (χ1v) is 3.20. The molecule has 21 heavy (non-hydrogen) atoms. The maximum absolute atomic E-state index is 8.93. The van der Waals surface area contributed by atoms with Gasteiger partial charge in [-0.15, -0.1) is 0 Å². The Labute approximate surface area is 144 Å². The van der Waals surface area contributed by atoms with Gasteiger partial charge in [0.15, 0.2) is 0 Å². The Morgan fingerprint density at radius 3 is 0.429 bits per heavy atom. The zero-order chi connectivity index (χ0) is 15.5. The van der Waals surface area contributed by atoms with Gasteiger partial charge in [0, 0.05) is 0 Å². The summed E-state index contributed by atoms with van der Waals surface area (Å²) in [4.78, 5) is 53.6. The van der Waals surface area contributed by atoms with Gasteiger partial charge in [0.25, 0.3) is 0 Å². The van der Waals surface area contributed by atoms with Crippen LogP contribution in [0.5, 0.6) is 0 Å². The van der Waals surface area contributed by atoms with Crippen molar-refractivity contribution in [2.24, 2.45) is 0 Å². The van der Waals surface area contributed by atoms with Crippen LogP contribution < -0.4 is 30.6 Å². The van der Waals surface area contributed by atoms with Crippen LogP contribution in [0.2, 0.25) is 0 Å². The largest absolute Gasteiger partial charge is 3.00 e. The van der Waals surface area contributed by atoms with Gasteiger partial charge in [-0.2, -0.15) is 0 Å². The third-order valence-electron chi connectivity index (χ3n) is 0.500. The predicted molar refractivity (Wildman–Crippen MR) is 33.7 cm³/mol. The number of hydrogen-bond donors (Lipinski definition) is 0. The molecule has 0 bridgehead atoms. The second kappa shape index (κ2) is 20.5. The number of aliphatic carboxylic acids is 6. The maximum Gasteiger partial charge on any atom is 3.00 e. The topological polar surface area (TPSA) is 272 Å². The molecule has 0 rings (SSSR count). The van der Waals surface area contributed by atoms with Crippen LogP contribution in [-0.4, -0.2) is 41.3 Å². The molecule has 0 saturated heterocycles. The van der Waals surface area contributed by atoms with Gasteiger partial charge in [0.2, 0.25) is 0 Å². The molecule has 2 N–H and O–H groups in total. The van der Waals surface area contributed by atoms with Crippen molar-refractivity contribution in [1.82, 2.24) is 0 Å². The summed E-state index contributed by atoms with van der Waals surface area (Å²) in [7, 11) is 0. The van der Waals surface area contributed by atoms with Crippen molar-refractivity contribution in [2.75, 3.05) is 0 Å². The molecular formula is C6H2O13Ti2. The van der Waals surface area contributed by atoms with Gasteiger partial charge in [-0.25, -0.2) is 0 Å². The van der Waals surface area contributed by atoms with Crippen LogP contribution in [0, 0.1) is 0 Å². The van der Waals surface area contributed by atoms with Crippen molar-refractivity contribution in [3.63, 3.8) is 0 Å². The minimum atomic E-state index is -2.19. The molecule has 0 spiro atoms. The quantitative estimate of drug-likeness (QED) is 0.281. The first-order chi connectivity index (χ1) is 7.93. The van der Waals surface area contributed by atoms with Gasteiger partial charge in [0.05, 0.1) is 35.8 Å². The smallest absolute Gasteiger partial charge is 0.543 e. The normalized spacial score (nSPS) is 6.29. The van der Waals surface area contributed by atoms with E-state index in [0.717, 1.165) is 0 Å². The molecule has 0 atom stereocenters. The van der Waals surface area contributed by atoms with Gasteiger partial charge in [-0.3, -0.25) is 0 Å². The van der Waals surface area contributed by atoms with E-state index >= 15 is 0 Å². The summed E-state index contributed by atoms with van der Waals surface area (Å²) >= 11 is 0. The van der Waals surface area contributed by atoms with Crippen LogP contribution in [-0.2, 0) is 72.2 Å². The Kier molecular flexibility index (Phi) is 35.7. The van der Waals surface area contributed by atoms with E-state index in [4.69, 9.17) is 59.4 Å². The standard InChI is InChI=1S/3C2H2O4.H2O.2Ti/c3*3-1(4)2(5)6;;;/h3*(H,3,4)(H,5,6);1H2;;/q;;;;2*+3/p-6. The molecule has 2 radical (unpaired) electrons. The molecular weight excluding hydrogens is 376 g/mol. The Bertz CT molecular complexity index is 282. The fraction of sp³-hybridized carbons (Fsp3) is 0. The number of carbonyl (C=O) groups excluding carboxylic acids is 6. The SMILES string of the molecule is O.O=C([O-])C(=O)[O-].O=C([O-])C(=O)[O-].O=C([O-])C(=O)[O-].[Ti+3].[Ti+3]. The molecule has 0 aliphatic carbocycles. The summed E-state index contributed by atoms with van der Waals surface area (Å²) in [5.41, 5.74) is 0. The minimum absolute atomic E-state index is 0. The van der Waals surface area contributed by atoms with E-state index in [0.29, 0.717) is 0 Å². The number of carboxylic acids is 6. The van der Waals surface area contributed by atoms with Crippen LogP contribution in [0.1, 0.15) is 0 Å². The Hall–Kier alpha value is -1.79. The van der Waals surface area contributed by atoms with Gasteiger partial charge in [-0.1, -0.05) is 0 Å². The van der Waals surface area contributed by atoms with Crippen LogP contribution >= 0.6 is 0 Å². The van der Waals surface area contributed by atoms with Crippen molar-refractivity contribution < 1.29 is 108 Å².